The first-order chi connectivity index (χ1) is 12.6. The van der Waals surface area contributed by atoms with Crippen molar-refractivity contribution in [3.8, 4) is 5.75 Å². The van der Waals surface area contributed by atoms with Crippen molar-refractivity contribution in [3.63, 3.8) is 0 Å². The van der Waals surface area contributed by atoms with Crippen LogP contribution in [0.4, 0.5) is 5.69 Å². The van der Waals surface area contributed by atoms with Gasteiger partial charge in [-0.15, -0.1) is 0 Å². The number of hydrogen-bond acceptors (Lipinski definition) is 3. The van der Waals surface area contributed by atoms with E-state index in [0.717, 1.165) is 22.6 Å². The Hall–Kier alpha value is -2.49. The third-order valence-corrected chi connectivity index (χ3v) is 4.62. The first-order valence-corrected chi connectivity index (χ1v) is 8.89. The number of anilines is 1. The van der Waals surface area contributed by atoms with Crippen molar-refractivity contribution < 1.29 is 4.74 Å². The minimum Gasteiger partial charge on any atom is -0.488 e. The summed E-state index contributed by atoms with van der Waals surface area (Å²) in [5.41, 5.74) is 6.95. The summed E-state index contributed by atoms with van der Waals surface area (Å²) < 4.78 is 5.98. The fourth-order valence-corrected chi connectivity index (χ4v) is 2.69. The summed E-state index contributed by atoms with van der Waals surface area (Å²) in [7, 11) is 0. The standard InChI is InChI=1S/C21H18Cl2N2O/c1-15-6-2-3-8-17(15)14-26-21-9-5-4-7-16(21)13-24-25-18-10-11-19(22)20(23)12-18/h2-13,25H,14H2,1H3. The normalized spacial score (nSPS) is 10.9. The number of hydrazone groups is 1. The molecule has 5 heteroatoms. The molecule has 3 aromatic rings. The Balaban J connectivity index is 1.68. The molecule has 1 N–H and O–H groups in total. The molecule has 3 rings (SSSR count). The van der Waals surface area contributed by atoms with Crippen molar-refractivity contribution in [2.45, 2.75) is 13.5 Å². The molecule has 0 atom stereocenters. The van der Waals surface area contributed by atoms with Gasteiger partial charge in [-0.3, -0.25) is 5.43 Å². The van der Waals surface area contributed by atoms with Crippen LogP contribution in [0, 0.1) is 6.92 Å². The highest BCUT2D eigenvalue weighted by Gasteiger charge is 2.03. The zero-order chi connectivity index (χ0) is 18.4. The highest BCUT2D eigenvalue weighted by Crippen LogP contribution is 2.25. The number of aryl methyl sites for hydroxylation is 1. The number of rotatable bonds is 6. The van der Waals surface area contributed by atoms with Crippen LogP contribution < -0.4 is 10.2 Å². The maximum absolute atomic E-state index is 6.00. The quantitative estimate of drug-likeness (QED) is 0.398. The lowest BCUT2D eigenvalue weighted by atomic mass is 10.1. The minimum absolute atomic E-state index is 0.480. The van der Waals surface area contributed by atoms with Gasteiger partial charge < -0.3 is 4.74 Å². The van der Waals surface area contributed by atoms with Crippen LogP contribution in [0.1, 0.15) is 16.7 Å². The average Bonchev–Trinajstić information content (AvgIpc) is 2.65. The molecule has 0 aliphatic heterocycles. The second-order valence-corrected chi connectivity index (χ2v) is 6.57. The van der Waals surface area contributed by atoms with E-state index in [0.29, 0.717) is 16.7 Å². The van der Waals surface area contributed by atoms with Gasteiger partial charge in [-0.2, -0.15) is 5.10 Å². The van der Waals surface area contributed by atoms with Crippen molar-refractivity contribution in [1.29, 1.82) is 0 Å². The van der Waals surface area contributed by atoms with Gasteiger partial charge in [0.1, 0.15) is 12.4 Å². The SMILES string of the molecule is Cc1ccccc1COc1ccccc1C=NNc1ccc(Cl)c(Cl)c1. The lowest BCUT2D eigenvalue weighted by Gasteiger charge is -2.10. The molecule has 26 heavy (non-hydrogen) atoms. The van der Waals surface area contributed by atoms with E-state index in [1.165, 1.54) is 5.56 Å². The lowest BCUT2D eigenvalue weighted by Crippen LogP contribution is -2.00. The maximum atomic E-state index is 6.00. The van der Waals surface area contributed by atoms with E-state index in [2.05, 4.69) is 29.6 Å². The van der Waals surface area contributed by atoms with Crippen molar-refractivity contribution in [2.24, 2.45) is 5.10 Å². The molecule has 0 fully saturated rings. The van der Waals surface area contributed by atoms with Crippen LogP contribution in [0.5, 0.6) is 5.75 Å². The Labute approximate surface area is 163 Å². The minimum atomic E-state index is 0.480. The van der Waals surface area contributed by atoms with E-state index < -0.39 is 0 Å². The van der Waals surface area contributed by atoms with Crippen LogP contribution >= 0.6 is 23.2 Å². The molecule has 0 amide bonds. The van der Waals surface area contributed by atoms with Gasteiger partial charge >= 0.3 is 0 Å². The summed E-state index contributed by atoms with van der Waals surface area (Å²) in [5, 5.41) is 5.25. The summed E-state index contributed by atoms with van der Waals surface area (Å²) in [6, 6.07) is 21.2. The van der Waals surface area contributed by atoms with Crippen LogP contribution in [0.2, 0.25) is 10.0 Å². The first-order valence-electron chi connectivity index (χ1n) is 8.14. The zero-order valence-electron chi connectivity index (χ0n) is 14.2. The molecule has 0 aromatic heterocycles. The molecule has 0 heterocycles. The maximum Gasteiger partial charge on any atom is 0.128 e. The van der Waals surface area contributed by atoms with E-state index in [4.69, 9.17) is 27.9 Å². The van der Waals surface area contributed by atoms with E-state index in [-0.39, 0.29) is 0 Å². The fraction of sp³-hybridized carbons (Fsp3) is 0.0952. The Morgan fingerprint density at radius 2 is 1.73 bits per heavy atom. The molecule has 0 spiro atoms. The van der Waals surface area contributed by atoms with Crippen molar-refractivity contribution in [3.05, 3.63) is 93.5 Å². The number of halogens is 2. The first kappa shape index (κ1) is 18.3. The molecule has 3 aromatic carbocycles. The van der Waals surface area contributed by atoms with Gasteiger partial charge in [0.2, 0.25) is 0 Å². The largest absolute Gasteiger partial charge is 0.488 e. The Kier molecular flexibility index (Phi) is 6.16. The van der Waals surface area contributed by atoms with E-state index >= 15 is 0 Å². The van der Waals surface area contributed by atoms with Crippen LogP contribution in [0.25, 0.3) is 0 Å². The lowest BCUT2D eigenvalue weighted by molar-refractivity contribution is 0.305. The zero-order valence-corrected chi connectivity index (χ0v) is 15.8. The highest BCUT2D eigenvalue weighted by molar-refractivity contribution is 6.42. The molecule has 0 unspecified atom stereocenters. The fourth-order valence-electron chi connectivity index (χ4n) is 2.39. The molecular weight excluding hydrogens is 367 g/mol. The summed E-state index contributed by atoms with van der Waals surface area (Å²) >= 11 is 11.9. The molecule has 0 saturated carbocycles. The van der Waals surface area contributed by atoms with Gasteiger partial charge in [0.05, 0.1) is 21.9 Å². The summed E-state index contributed by atoms with van der Waals surface area (Å²) in [5.74, 6) is 0.774. The molecule has 0 radical (unpaired) electrons. The molecule has 0 bridgehead atoms. The molecule has 132 valence electrons. The number of ether oxygens (including phenoxy) is 1. The third-order valence-electron chi connectivity index (χ3n) is 3.88. The topological polar surface area (TPSA) is 33.6 Å². The van der Waals surface area contributed by atoms with Crippen LogP contribution in [-0.2, 0) is 6.61 Å². The van der Waals surface area contributed by atoms with Gasteiger partial charge in [-0.25, -0.2) is 0 Å². The van der Waals surface area contributed by atoms with Crippen molar-refractivity contribution >= 4 is 35.1 Å². The molecule has 0 aliphatic carbocycles. The van der Waals surface area contributed by atoms with E-state index in [1.54, 1.807) is 18.3 Å². The summed E-state index contributed by atoms with van der Waals surface area (Å²) in [6.45, 7) is 2.59. The molecule has 3 nitrogen and oxygen atoms in total. The van der Waals surface area contributed by atoms with Crippen molar-refractivity contribution in [2.75, 3.05) is 5.43 Å². The van der Waals surface area contributed by atoms with E-state index in [9.17, 15) is 0 Å². The predicted octanol–water partition coefficient (Wildman–Crippen LogP) is 6.33. The van der Waals surface area contributed by atoms with Crippen molar-refractivity contribution in [1.82, 2.24) is 0 Å². The third kappa shape index (κ3) is 4.78. The summed E-state index contributed by atoms with van der Waals surface area (Å²) in [6.07, 6.45) is 1.72. The smallest absolute Gasteiger partial charge is 0.128 e. The predicted molar refractivity (Wildman–Crippen MR) is 110 cm³/mol. The average molecular weight is 385 g/mol. The number of nitrogens with one attached hydrogen (secondary N) is 1. The van der Waals surface area contributed by atoms with Crippen LogP contribution in [0.15, 0.2) is 71.8 Å². The van der Waals surface area contributed by atoms with Gasteiger partial charge in [-0.05, 0) is 48.4 Å². The number of hydrogen-bond donors (Lipinski definition) is 1. The highest BCUT2D eigenvalue weighted by atomic mass is 35.5. The number of benzene rings is 3. The molecule has 0 aliphatic rings. The Morgan fingerprint density at radius 1 is 0.962 bits per heavy atom. The van der Waals surface area contributed by atoms with Crippen LogP contribution in [0.3, 0.4) is 0 Å². The molecule has 0 saturated heterocycles. The Bertz CT molecular complexity index is 925. The number of nitrogens with zero attached hydrogens (tertiary/aromatic N) is 1. The van der Waals surface area contributed by atoms with Gasteiger partial charge in [0.15, 0.2) is 0 Å². The van der Waals surface area contributed by atoms with E-state index in [1.807, 2.05) is 42.5 Å². The van der Waals surface area contributed by atoms with Gasteiger partial charge in [-0.1, -0.05) is 59.6 Å². The molecular formula is C21H18Cl2N2O. The van der Waals surface area contributed by atoms with Gasteiger partial charge in [0, 0.05) is 5.56 Å². The summed E-state index contributed by atoms with van der Waals surface area (Å²) in [4.78, 5) is 0. The Morgan fingerprint density at radius 3 is 2.54 bits per heavy atom. The second-order valence-electron chi connectivity index (χ2n) is 5.75. The second kappa shape index (κ2) is 8.75. The monoisotopic (exact) mass is 384 g/mol. The van der Waals surface area contributed by atoms with Crippen LogP contribution in [-0.4, -0.2) is 6.21 Å². The van der Waals surface area contributed by atoms with Gasteiger partial charge in [0.25, 0.3) is 0 Å². The number of para-hydroxylation sites is 1.